The highest BCUT2D eigenvalue weighted by Crippen LogP contribution is 2.40. The summed E-state index contributed by atoms with van der Waals surface area (Å²) >= 11 is 0. The zero-order valence-corrected chi connectivity index (χ0v) is 17.9. The highest BCUT2D eigenvalue weighted by molar-refractivity contribution is 5.37. The Kier molecular flexibility index (Phi) is 5.98. The van der Waals surface area contributed by atoms with Crippen molar-refractivity contribution < 1.29 is 9.84 Å². The van der Waals surface area contributed by atoms with Crippen LogP contribution in [-0.4, -0.2) is 23.4 Å². The highest BCUT2D eigenvalue weighted by Gasteiger charge is 2.36. The van der Waals surface area contributed by atoms with Crippen molar-refractivity contribution in [1.82, 2.24) is 0 Å². The van der Waals surface area contributed by atoms with E-state index >= 15 is 0 Å². The number of aryl methyl sites for hydroxylation is 1. The molecular formula is C26H35NO2. The number of aliphatic hydroxyl groups excluding tert-OH is 1. The summed E-state index contributed by atoms with van der Waals surface area (Å²) in [5.41, 5.74) is 11.7. The second kappa shape index (κ2) is 8.49. The number of hydrogen-bond acceptors (Lipinski definition) is 3. The molecule has 2 aromatic rings. The van der Waals surface area contributed by atoms with Crippen molar-refractivity contribution in [2.45, 2.75) is 76.4 Å². The molecule has 0 saturated heterocycles. The number of fused-ring (bicyclic) bond motifs is 1. The van der Waals surface area contributed by atoms with E-state index in [1.54, 1.807) is 0 Å². The molecule has 2 aliphatic rings. The van der Waals surface area contributed by atoms with Crippen molar-refractivity contribution in [2.75, 3.05) is 6.61 Å². The van der Waals surface area contributed by atoms with Crippen LogP contribution in [0.3, 0.4) is 0 Å². The van der Waals surface area contributed by atoms with Crippen LogP contribution in [0.15, 0.2) is 42.5 Å². The standard InChI is InChI=1S/C26H35NO2/c1-18(2)29-25-5-3-4-19(14-25)12-20-6-7-22-15-23(9-8-21(22)13-20)24-10-11-26(27,16-24)17-28/h3-5,8-9,14-15,18,20,24,28H,6-7,10-13,16-17,27H2,1-2H3/t20?,24-,26+/m0/s1. The van der Waals surface area contributed by atoms with E-state index in [-0.39, 0.29) is 18.2 Å². The first kappa shape index (κ1) is 20.4. The number of aliphatic hydroxyl groups is 1. The molecule has 0 bridgehead atoms. The number of ether oxygens (including phenoxy) is 1. The molecule has 1 saturated carbocycles. The number of benzene rings is 2. The second-order valence-corrected chi connectivity index (χ2v) is 9.62. The van der Waals surface area contributed by atoms with Crippen LogP contribution in [0.5, 0.6) is 5.75 Å². The fourth-order valence-corrected chi connectivity index (χ4v) is 5.21. The lowest BCUT2D eigenvalue weighted by molar-refractivity contribution is 0.198. The third-order valence-electron chi connectivity index (χ3n) is 6.79. The predicted octanol–water partition coefficient (Wildman–Crippen LogP) is 4.78. The van der Waals surface area contributed by atoms with Gasteiger partial charge in [0.15, 0.2) is 0 Å². The van der Waals surface area contributed by atoms with Gasteiger partial charge in [0.25, 0.3) is 0 Å². The van der Waals surface area contributed by atoms with E-state index in [0.717, 1.165) is 44.3 Å². The van der Waals surface area contributed by atoms with E-state index in [0.29, 0.717) is 11.8 Å². The fourth-order valence-electron chi connectivity index (χ4n) is 5.21. The smallest absolute Gasteiger partial charge is 0.119 e. The lowest BCUT2D eigenvalue weighted by Crippen LogP contribution is -2.40. The molecule has 0 radical (unpaired) electrons. The summed E-state index contributed by atoms with van der Waals surface area (Å²) < 4.78 is 5.86. The largest absolute Gasteiger partial charge is 0.491 e. The van der Waals surface area contributed by atoms with Crippen LogP contribution >= 0.6 is 0 Å². The van der Waals surface area contributed by atoms with Crippen molar-refractivity contribution in [1.29, 1.82) is 0 Å². The molecule has 1 fully saturated rings. The monoisotopic (exact) mass is 393 g/mol. The van der Waals surface area contributed by atoms with Crippen molar-refractivity contribution in [3.63, 3.8) is 0 Å². The molecule has 2 aromatic carbocycles. The van der Waals surface area contributed by atoms with Crippen LogP contribution in [0.2, 0.25) is 0 Å². The summed E-state index contributed by atoms with van der Waals surface area (Å²) in [5.74, 6) is 2.17. The molecule has 0 aromatic heterocycles. The summed E-state index contributed by atoms with van der Waals surface area (Å²) in [6, 6.07) is 15.7. The van der Waals surface area contributed by atoms with Gasteiger partial charge in [-0.25, -0.2) is 0 Å². The van der Waals surface area contributed by atoms with E-state index < -0.39 is 0 Å². The van der Waals surface area contributed by atoms with Crippen LogP contribution in [0.1, 0.15) is 67.7 Å². The molecular weight excluding hydrogens is 358 g/mol. The lowest BCUT2D eigenvalue weighted by Gasteiger charge is -2.26. The predicted molar refractivity (Wildman–Crippen MR) is 118 cm³/mol. The van der Waals surface area contributed by atoms with E-state index in [2.05, 4.69) is 56.3 Å². The molecule has 0 amide bonds. The topological polar surface area (TPSA) is 55.5 Å². The van der Waals surface area contributed by atoms with Gasteiger partial charge in [0.2, 0.25) is 0 Å². The van der Waals surface area contributed by atoms with Crippen molar-refractivity contribution in [3.05, 3.63) is 64.7 Å². The molecule has 4 rings (SSSR count). The number of rotatable bonds is 6. The maximum absolute atomic E-state index is 9.56. The van der Waals surface area contributed by atoms with Crippen LogP contribution < -0.4 is 10.5 Å². The molecule has 3 N–H and O–H groups in total. The Hall–Kier alpha value is -1.84. The minimum Gasteiger partial charge on any atom is -0.491 e. The van der Waals surface area contributed by atoms with E-state index in [9.17, 15) is 5.11 Å². The van der Waals surface area contributed by atoms with Crippen LogP contribution in [-0.2, 0) is 19.3 Å². The minimum absolute atomic E-state index is 0.0968. The summed E-state index contributed by atoms with van der Waals surface area (Å²) in [6.07, 6.45) is 7.81. The average Bonchev–Trinajstić information content (AvgIpc) is 3.10. The van der Waals surface area contributed by atoms with Gasteiger partial charge in [-0.2, -0.15) is 0 Å². The average molecular weight is 394 g/mol. The van der Waals surface area contributed by atoms with Gasteiger partial charge >= 0.3 is 0 Å². The summed E-state index contributed by atoms with van der Waals surface area (Å²) in [7, 11) is 0. The third kappa shape index (κ3) is 4.84. The minimum atomic E-state index is -0.376. The summed E-state index contributed by atoms with van der Waals surface area (Å²) in [4.78, 5) is 0. The molecule has 3 heteroatoms. The maximum Gasteiger partial charge on any atom is 0.119 e. The van der Waals surface area contributed by atoms with E-state index in [4.69, 9.17) is 10.5 Å². The normalized spacial score (nSPS) is 26.5. The van der Waals surface area contributed by atoms with E-state index in [1.165, 1.54) is 28.7 Å². The van der Waals surface area contributed by atoms with Crippen LogP contribution in [0.4, 0.5) is 0 Å². The molecule has 29 heavy (non-hydrogen) atoms. The first-order valence-electron chi connectivity index (χ1n) is 11.2. The molecule has 3 atom stereocenters. The SMILES string of the molecule is CC(C)Oc1cccc(CC2CCc3cc([C@H]4CC[C@](N)(CO)C4)ccc3C2)c1. The second-order valence-electron chi connectivity index (χ2n) is 9.62. The zero-order chi connectivity index (χ0) is 20.4. The molecule has 0 aliphatic heterocycles. The van der Waals surface area contributed by atoms with Crippen LogP contribution in [0.25, 0.3) is 0 Å². The summed E-state index contributed by atoms with van der Waals surface area (Å²) in [5, 5.41) is 9.56. The summed E-state index contributed by atoms with van der Waals surface area (Å²) in [6.45, 7) is 4.24. The zero-order valence-electron chi connectivity index (χ0n) is 17.9. The lowest BCUT2D eigenvalue weighted by atomic mass is 9.79. The van der Waals surface area contributed by atoms with Crippen molar-refractivity contribution in [2.24, 2.45) is 11.7 Å². The van der Waals surface area contributed by atoms with Crippen molar-refractivity contribution in [3.8, 4) is 5.75 Å². The first-order valence-corrected chi connectivity index (χ1v) is 11.2. The van der Waals surface area contributed by atoms with Gasteiger partial charge in [-0.05, 0) is 105 Å². The van der Waals surface area contributed by atoms with E-state index in [1.807, 2.05) is 0 Å². The van der Waals surface area contributed by atoms with Gasteiger partial charge in [-0.15, -0.1) is 0 Å². The first-order chi connectivity index (χ1) is 13.9. The molecule has 156 valence electrons. The third-order valence-corrected chi connectivity index (χ3v) is 6.79. The Bertz CT molecular complexity index is 846. The maximum atomic E-state index is 9.56. The Morgan fingerprint density at radius 1 is 1.14 bits per heavy atom. The molecule has 1 unspecified atom stereocenters. The number of hydrogen-bond donors (Lipinski definition) is 2. The van der Waals surface area contributed by atoms with Gasteiger partial charge in [-0.3, -0.25) is 0 Å². The quantitative estimate of drug-likeness (QED) is 0.743. The van der Waals surface area contributed by atoms with Crippen molar-refractivity contribution >= 4 is 0 Å². The van der Waals surface area contributed by atoms with Crippen LogP contribution in [0, 0.1) is 5.92 Å². The molecule has 0 spiro atoms. The van der Waals surface area contributed by atoms with Gasteiger partial charge in [0.1, 0.15) is 5.75 Å². The Labute approximate surface area is 175 Å². The fraction of sp³-hybridized carbons (Fsp3) is 0.538. The van der Waals surface area contributed by atoms with Gasteiger partial charge in [0.05, 0.1) is 12.7 Å². The molecule has 3 nitrogen and oxygen atoms in total. The molecule has 0 heterocycles. The Morgan fingerprint density at radius 3 is 2.76 bits per heavy atom. The Balaban J connectivity index is 1.41. The Morgan fingerprint density at radius 2 is 2.00 bits per heavy atom. The highest BCUT2D eigenvalue weighted by atomic mass is 16.5. The number of nitrogens with two attached hydrogens (primary N) is 1. The molecule has 2 aliphatic carbocycles. The van der Waals surface area contributed by atoms with Gasteiger partial charge in [0, 0.05) is 5.54 Å². The van der Waals surface area contributed by atoms with Gasteiger partial charge < -0.3 is 15.6 Å². The van der Waals surface area contributed by atoms with Gasteiger partial charge in [-0.1, -0.05) is 30.3 Å².